The van der Waals surface area contributed by atoms with Crippen molar-refractivity contribution in [2.75, 3.05) is 36.0 Å². The van der Waals surface area contributed by atoms with Crippen molar-refractivity contribution in [1.82, 2.24) is 15.0 Å². The number of aryl methyl sites for hydroxylation is 1. The van der Waals surface area contributed by atoms with Crippen molar-refractivity contribution in [3.05, 3.63) is 90.1 Å². The van der Waals surface area contributed by atoms with Gasteiger partial charge in [0.05, 0.1) is 11.3 Å². The molecule has 0 N–H and O–H groups in total. The lowest BCUT2D eigenvalue weighted by molar-refractivity contribution is -0.144. The van der Waals surface area contributed by atoms with Crippen LogP contribution < -0.4 is 9.80 Å². The Morgan fingerprint density at radius 3 is 1.95 bits per heavy atom. The third-order valence-electron chi connectivity index (χ3n) is 6.15. The molecule has 1 fully saturated rings. The quantitative estimate of drug-likeness (QED) is 0.314. The topological polar surface area (TPSA) is 79.3 Å². The Labute approximate surface area is 225 Å². The van der Waals surface area contributed by atoms with Gasteiger partial charge < -0.3 is 9.80 Å². The summed E-state index contributed by atoms with van der Waals surface area (Å²) in [6, 6.07) is 18.4. The Morgan fingerprint density at radius 2 is 1.38 bits per heavy atom. The molecule has 0 unspecified atom stereocenters. The van der Waals surface area contributed by atoms with Gasteiger partial charge in [-0.15, -0.1) is 0 Å². The maximum absolute atomic E-state index is 14.0. The molecule has 0 radical (unpaired) electrons. The molecule has 0 spiro atoms. The van der Waals surface area contributed by atoms with Crippen molar-refractivity contribution in [2.45, 2.75) is 13.1 Å². The smallest absolute Gasteiger partial charge is 0.353 e. The molecule has 1 saturated heterocycles. The first-order chi connectivity index (χ1) is 18.7. The van der Waals surface area contributed by atoms with E-state index >= 15 is 0 Å². The summed E-state index contributed by atoms with van der Waals surface area (Å²) in [5.74, 6) is -0.643. The first-order valence-corrected chi connectivity index (χ1v) is 12.5. The zero-order valence-electron chi connectivity index (χ0n) is 20.7. The predicted octanol–water partition coefficient (Wildman–Crippen LogP) is 5.33. The lowest BCUT2D eigenvalue weighted by Crippen LogP contribution is -2.47. The standard InChI is InChI=1S/C27H23F4N5.O2S/c1-18-5-7-20(8-6-18)24-23(19-9-11-21(28)12-10-19)25(34-26(33-24)27(29,30)31)36-16-14-35(15-17-36)22-4-2-3-13-32-22;1-3-2/h2-13H,14-17H2,1H3;. The summed E-state index contributed by atoms with van der Waals surface area (Å²) >= 11 is -0.750. The van der Waals surface area contributed by atoms with Gasteiger partial charge in [-0.05, 0) is 36.8 Å². The van der Waals surface area contributed by atoms with Gasteiger partial charge in [0.25, 0.3) is 0 Å². The van der Waals surface area contributed by atoms with Crippen molar-refractivity contribution in [3.8, 4) is 22.4 Å². The van der Waals surface area contributed by atoms with E-state index in [2.05, 4.69) is 19.9 Å². The zero-order valence-corrected chi connectivity index (χ0v) is 21.5. The van der Waals surface area contributed by atoms with Crippen LogP contribution in [0.25, 0.3) is 22.4 Å². The van der Waals surface area contributed by atoms with Gasteiger partial charge in [-0.2, -0.15) is 21.6 Å². The van der Waals surface area contributed by atoms with Crippen LogP contribution in [-0.4, -0.2) is 49.5 Å². The van der Waals surface area contributed by atoms with Crippen LogP contribution in [0.15, 0.2) is 72.9 Å². The molecular weight excluding hydrogens is 534 g/mol. The maximum Gasteiger partial charge on any atom is 0.451 e. The molecule has 0 amide bonds. The summed E-state index contributed by atoms with van der Waals surface area (Å²) in [5.41, 5.74) is 2.64. The molecule has 7 nitrogen and oxygen atoms in total. The fourth-order valence-corrected chi connectivity index (χ4v) is 4.30. The Morgan fingerprint density at radius 1 is 0.795 bits per heavy atom. The lowest BCUT2D eigenvalue weighted by Gasteiger charge is -2.37. The number of alkyl halides is 3. The Kier molecular flexibility index (Phi) is 8.65. The van der Waals surface area contributed by atoms with Crippen molar-refractivity contribution >= 4 is 23.2 Å². The van der Waals surface area contributed by atoms with Gasteiger partial charge in [0.15, 0.2) is 0 Å². The number of aromatic nitrogens is 3. The van der Waals surface area contributed by atoms with E-state index in [1.807, 2.05) is 42.2 Å². The van der Waals surface area contributed by atoms with E-state index in [-0.39, 0.29) is 11.5 Å². The van der Waals surface area contributed by atoms with Crippen LogP contribution in [-0.2, 0) is 17.7 Å². The molecule has 5 rings (SSSR count). The third-order valence-corrected chi connectivity index (χ3v) is 6.15. The minimum atomic E-state index is -4.73. The largest absolute Gasteiger partial charge is 0.451 e. The first-order valence-electron chi connectivity index (χ1n) is 11.9. The Balaban J connectivity index is 0.00000112. The second-order valence-electron chi connectivity index (χ2n) is 8.70. The number of pyridine rings is 1. The highest BCUT2D eigenvalue weighted by Crippen LogP contribution is 2.40. The first kappa shape index (κ1) is 27.8. The monoisotopic (exact) mass is 557 g/mol. The van der Waals surface area contributed by atoms with Crippen molar-refractivity contribution in [1.29, 1.82) is 0 Å². The van der Waals surface area contributed by atoms with E-state index < -0.39 is 29.4 Å². The van der Waals surface area contributed by atoms with Crippen molar-refractivity contribution in [2.24, 2.45) is 0 Å². The van der Waals surface area contributed by atoms with Crippen LogP contribution in [0.4, 0.5) is 29.2 Å². The van der Waals surface area contributed by atoms with Crippen LogP contribution >= 0.6 is 0 Å². The summed E-state index contributed by atoms with van der Waals surface area (Å²) < 4.78 is 72.2. The van der Waals surface area contributed by atoms with Crippen LogP contribution in [0.5, 0.6) is 0 Å². The molecule has 202 valence electrons. The lowest BCUT2D eigenvalue weighted by atomic mass is 9.98. The number of rotatable bonds is 4. The minimum absolute atomic E-state index is 0.158. The number of nitrogens with zero attached hydrogens (tertiary/aromatic N) is 5. The molecule has 0 aliphatic carbocycles. The van der Waals surface area contributed by atoms with E-state index in [4.69, 9.17) is 8.42 Å². The van der Waals surface area contributed by atoms with Crippen LogP contribution in [0.3, 0.4) is 0 Å². The fourth-order valence-electron chi connectivity index (χ4n) is 4.30. The summed E-state index contributed by atoms with van der Waals surface area (Å²) in [4.78, 5) is 16.3. The highest BCUT2D eigenvalue weighted by molar-refractivity contribution is 7.51. The van der Waals surface area contributed by atoms with E-state index in [1.54, 1.807) is 30.5 Å². The summed E-state index contributed by atoms with van der Waals surface area (Å²) in [6.45, 7) is 3.90. The van der Waals surface area contributed by atoms with Crippen LogP contribution in [0, 0.1) is 12.7 Å². The van der Waals surface area contributed by atoms with Gasteiger partial charge >= 0.3 is 17.7 Å². The highest BCUT2D eigenvalue weighted by atomic mass is 32.1. The van der Waals surface area contributed by atoms with E-state index in [1.165, 1.54) is 12.1 Å². The van der Waals surface area contributed by atoms with Crippen molar-refractivity contribution in [3.63, 3.8) is 0 Å². The second-order valence-corrected chi connectivity index (χ2v) is 8.83. The van der Waals surface area contributed by atoms with E-state index in [9.17, 15) is 17.6 Å². The summed E-state index contributed by atoms with van der Waals surface area (Å²) in [6.07, 6.45) is -3.02. The number of halogens is 4. The average molecular weight is 558 g/mol. The molecule has 0 atom stereocenters. The molecule has 12 heteroatoms. The molecule has 4 aromatic rings. The highest BCUT2D eigenvalue weighted by Gasteiger charge is 2.38. The normalized spacial score (nSPS) is 13.5. The van der Waals surface area contributed by atoms with E-state index in [0.717, 1.165) is 11.4 Å². The SMILES string of the molecule is Cc1ccc(-c2nc(C(F)(F)F)nc(N3CCN(c4ccccn4)CC3)c2-c2ccc(F)cc2)cc1.O=S=O. The van der Waals surface area contributed by atoms with Gasteiger partial charge in [-0.1, -0.05) is 48.0 Å². The van der Waals surface area contributed by atoms with Gasteiger partial charge in [-0.25, -0.2) is 19.3 Å². The van der Waals surface area contributed by atoms with Crippen LogP contribution in [0.2, 0.25) is 0 Å². The summed E-state index contributed by atoms with van der Waals surface area (Å²) in [7, 11) is 0. The predicted molar refractivity (Wildman–Crippen MR) is 140 cm³/mol. The number of piperazine rings is 1. The Bertz CT molecular complexity index is 1440. The Hall–Kier alpha value is -4.19. The van der Waals surface area contributed by atoms with Gasteiger partial charge in [0.2, 0.25) is 5.82 Å². The molecule has 2 aromatic carbocycles. The molecule has 0 saturated carbocycles. The summed E-state index contributed by atoms with van der Waals surface area (Å²) in [5, 5.41) is 0. The molecule has 0 bridgehead atoms. The van der Waals surface area contributed by atoms with Gasteiger partial charge in [0, 0.05) is 37.9 Å². The van der Waals surface area contributed by atoms with Gasteiger partial charge in [0.1, 0.15) is 17.5 Å². The second kappa shape index (κ2) is 12.1. The maximum atomic E-state index is 14.0. The molecule has 39 heavy (non-hydrogen) atoms. The minimum Gasteiger partial charge on any atom is -0.353 e. The molecule has 3 heterocycles. The number of benzene rings is 2. The number of hydrogen-bond acceptors (Lipinski definition) is 7. The zero-order chi connectivity index (χ0) is 28.0. The molecule has 1 aliphatic heterocycles. The molecule has 2 aromatic heterocycles. The molecular formula is C27H23F4N5O2S. The average Bonchev–Trinajstić information content (AvgIpc) is 2.94. The van der Waals surface area contributed by atoms with Crippen molar-refractivity contribution < 1.29 is 26.0 Å². The number of hydrogen-bond donors (Lipinski definition) is 0. The van der Waals surface area contributed by atoms with E-state index in [0.29, 0.717) is 42.9 Å². The van der Waals surface area contributed by atoms with Gasteiger partial charge in [-0.3, -0.25) is 0 Å². The number of anilines is 2. The molecule has 1 aliphatic rings. The third kappa shape index (κ3) is 6.63. The van der Waals surface area contributed by atoms with Crippen LogP contribution in [0.1, 0.15) is 11.4 Å². The fraction of sp³-hybridized carbons (Fsp3) is 0.222.